The van der Waals surface area contributed by atoms with Crippen molar-refractivity contribution in [1.82, 2.24) is 4.90 Å². The van der Waals surface area contributed by atoms with Crippen LogP contribution in [0, 0.1) is 0 Å². The lowest BCUT2D eigenvalue weighted by atomic mass is 10.1. The molecule has 2 rings (SSSR count). The van der Waals surface area contributed by atoms with Crippen molar-refractivity contribution in [2.75, 3.05) is 19.7 Å². The van der Waals surface area contributed by atoms with E-state index >= 15 is 0 Å². The van der Waals surface area contributed by atoms with E-state index in [0.29, 0.717) is 25.8 Å². The average Bonchev–Trinajstić information content (AvgIpc) is 2.92. The first kappa shape index (κ1) is 16.6. The number of carbonyl (C=O) groups excluding carboxylic acids is 1. The van der Waals surface area contributed by atoms with Gasteiger partial charge in [-0.15, -0.1) is 0 Å². The number of nitrogens with zero attached hydrogens (tertiary/aromatic N) is 1. The fourth-order valence-electron chi connectivity index (χ4n) is 2.84. The lowest BCUT2D eigenvalue weighted by Gasteiger charge is -2.28. The summed E-state index contributed by atoms with van der Waals surface area (Å²) in [5.41, 5.74) is -0.739. The minimum Gasteiger partial charge on any atom is -0.444 e. The van der Waals surface area contributed by atoms with E-state index in [0.717, 1.165) is 19.3 Å². The maximum Gasteiger partial charge on any atom is 0.410 e. The number of hydrogen-bond donors (Lipinski definition) is 0. The van der Waals surface area contributed by atoms with E-state index in [4.69, 9.17) is 14.2 Å². The van der Waals surface area contributed by atoms with Crippen molar-refractivity contribution < 1.29 is 19.0 Å². The first-order valence-corrected chi connectivity index (χ1v) is 7.94. The van der Waals surface area contributed by atoms with Crippen LogP contribution in [0.1, 0.15) is 53.9 Å². The van der Waals surface area contributed by atoms with Gasteiger partial charge in [0, 0.05) is 6.54 Å². The zero-order valence-electron chi connectivity index (χ0n) is 14.0. The monoisotopic (exact) mass is 299 g/mol. The van der Waals surface area contributed by atoms with E-state index in [-0.39, 0.29) is 17.8 Å². The Balaban J connectivity index is 1.78. The van der Waals surface area contributed by atoms with Gasteiger partial charge < -0.3 is 19.1 Å². The Morgan fingerprint density at radius 2 is 2.10 bits per heavy atom. The van der Waals surface area contributed by atoms with Crippen LogP contribution < -0.4 is 0 Å². The number of hydrogen-bond acceptors (Lipinski definition) is 4. The molecule has 2 saturated heterocycles. The maximum absolute atomic E-state index is 12.1. The van der Waals surface area contributed by atoms with Gasteiger partial charge in [-0.2, -0.15) is 0 Å². The average molecular weight is 299 g/mol. The Morgan fingerprint density at radius 1 is 1.38 bits per heavy atom. The summed E-state index contributed by atoms with van der Waals surface area (Å²) in [7, 11) is 0. The second-order valence-electron chi connectivity index (χ2n) is 7.56. The third kappa shape index (κ3) is 4.85. The molecule has 0 bridgehead atoms. The van der Waals surface area contributed by atoms with Crippen molar-refractivity contribution in [3.8, 4) is 0 Å². The van der Waals surface area contributed by atoms with Gasteiger partial charge in [0.25, 0.3) is 0 Å². The first-order chi connectivity index (χ1) is 9.67. The molecule has 0 spiro atoms. The molecule has 3 atom stereocenters. The third-order valence-electron chi connectivity index (χ3n) is 4.03. The normalized spacial score (nSPS) is 33.5. The van der Waals surface area contributed by atoms with Crippen molar-refractivity contribution in [2.24, 2.45) is 0 Å². The molecule has 0 aromatic carbocycles. The smallest absolute Gasteiger partial charge is 0.410 e. The highest BCUT2D eigenvalue weighted by atomic mass is 16.6. The molecule has 0 N–H and O–H groups in total. The Morgan fingerprint density at radius 3 is 2.67 bits per heavy atom. The highest BCUT2D eigenvalue weighted by Gasteiger charge is 2.39. The molecule has 2 aliphatic heterocycles. The zero-order chi connectivity index (χ0) is 15.7. The van der Waals surface area contributed by atoms with Crippen molar-refractivity contribution in [3.63, 3.8) is 0 Å². The molecule has 122 valence electrons. The molecule has 21 heavy (non-hydrogen) atoms. The van der Waals surface area contributed by atoms with Gasteiger partial charge in [-0.3, -0.25) is 0 Å². The van der Waals surface area contributed by atoms with Gasteiger partial charge in [0.2, 0.25) is 0 Å². The lowest BCUT2D eigenvalue weighted by molar-refractivity contribution is -0.0781. The summed E-state index contributed by atoms with van der Waals surface area (Å²) in [5.74, 6) is 0. The summed E-state index contributed by atoms with van der Waals surface area (Å²) in [5, 5.41) is 0. The zero-order valence-corrected chi connectivity index (χ0v) is 14.0. The first-order valence-electron chi connectivity index (χ1n) is 7.94. The minimum absolute atomic E-state index is 0.201. The van der Waals surface area contributed by atoms with Crippen molar-refractivity contribution >= 4 is 6.09 Å². The fraction of sp³-hybridized carbons (Fsp3) is 0.938. The van der Waals surface area contributed by atoms with E-state index in [1.165, 1.54) is 0 Å². The number of carbonyl (C=O) groups is 1. The Kier molecular flexibility index (Phi) is 4.83. The van der Waals surface area contributed by atoms with Gasteiger partial charge in [0.1, 0.15) is 5.60 Å². The van der Waals surface area contributed by atoms with E-state index in [2.05, 4.69) is 13.8 Å². The topological polar surface area (TPSA) is 48.0 Å². The van der Waals surface area contributed by atoms with Crippen molar-refractivity contribution in [3.05, 3.63) is 0 Å². The Bertz CT molecular complexity index is 379. The highest BCUT2D eigenvalue weighted by Crippen LogP contribution is 2.28. The second kappa shape index (κ2) is 6.13. The summed E-state index contributed by atoms with van der Waals surface area (Å²) in [6.07, 6.45) is 3.30. The molecule has 5 heteroatoms. The Hall–Kier alpha value is -0.810. The number of amides is 1. The molecule has 0 saturated carbocycles. The second-order valence-corrected chi connectivity index (χ2v) is 7.56. The summed E-state index contributed by atoms with van der Waals surface area (Å²) in [6.45, 7) is 11.7. The molecule has 5 nitrogen and oxygen atoms in total. The number of likely N-dealkylation sites (tertiary alicyclic amines) is 1. The largest absolute Gasteiger partial charge is 0.444 e. The van der Waals surface area contributed by atoms with Gasteiger partial charge in [-0.25, -0.2) is 4.79 Å². The molecule has 0 aliphatic carbocycles. The van der Waals surface area contributed by atoms with Crippen LogP contribution in [0.25, 0.3) is 0 Å². The summed E-state index contributed by atoms with van der Waals surface area (Å²) >= 11 is 0. The summed E-state index contributed by atoms with van der Waals surface area (Å²) in [4.78, 5) is 13.8. The molecular formula is C16H29NO4. The van der Waals surface area contributed by atoms with Gasteiger partial charge in [0.15, 0.2) is 0 Å². The predicted molar refractivity (Wildman–Crippen MR) is 80.4 cm³/mol. The molecule has 2 heterocycles. The number of rotatable bonds is 3. The van der Waals surface area contributed by atoms with Gasteiger partial charge >= 0.3 is 6.09 Å². The highest BCUT2D eigenvalue weighted by molar-refractivity contribution is 5.68. The Labute approximate surface area is 127 Å². The quantitative estimate of drug-likeness (QED) is 0.804. The molecule has 0 radical (unpaired) electrons. The van der Waals surface area contributed by atoms with Gasteiger partial charge in [0.05, 0.1) is 31.0 Å². The molecular weight excluding hydrogens is 270 g/mol. The van der Waals surface area contributed by atoms with Crippen LogP contribution in [0.3, 0.4) is 0 Å². The lowest BCUT2D eigenvalue weighted by Crippen LogP contribution is -2.40. The van der Waals surface area contributed by atoms with Crippen LogP contribution in [-0.2, 0) is 14.2 Å². The van der Waals surface area contributed by atoms with Crippen molar-refractivity contribution in [2.45, 2.75) is 77.3 Å². The molecule has 2 fully saturated rings. The van der Waals surface area contributed by atoms with E-state index < -0.39 is 5.60 Å². The molecule has 0 aromatic rings. The molecule has 0 aromatic heterocycles. The summed E-state index contributed by atoms with van der Waals surface area (Å²) < 4.78 is 17.2. The van der Waals surface area contributed by atoms with E-state index in [1.54, 1.807) is 4.90 Å². The minimum atomic E-state index is -0.454. The SMILES string of the molecule is CC1CCC(COC2(C)CCN(C(=O)OC(C)(C)C)C2)O1. The summed E-state index contributed by atoms with van der Waals surface area (Å²) in [6, 6.07) is 0. The number of ether oxygens (including phenoxy) is 3. The van der Waals surface area contributed by atoms with Crippen LogP contribution in [0.5, 0.6) is 0 Å². The third-order valence-corrected chi connectivity index (χ3v) is 4.03. The van der Waals surface area contributed by atoms with Gasteiger partial charge in [-0.05, 0) is 53.9 Å². The van der Waals surface area contributed by atoms with Crippen LogP contribution in [-0.4, -0.2) is 54.1 Å². The van der Waals surface area contributed by atoms with Crippen molar-refractivity contribution in [1.29, 1.82) is 0 Å². The molecule has 2 aliphatic rings. The van der Waals surface area contributed by atoms with Crippen LogP contribution in [0.15, 0.2) is 0 Å². The fourth-order valence-corrected chi connectivity index (χ4v) is 2.84. The van der Waals surface area contributed by atoms with Crippen LogP contribution in [0.2, 0.25) is 0 Å². The predicted octanol–water partition coefficient (Wildman–Crippen LogP) is 2.97. The molecule has 3 unspecified atom stereocenters. The maximum atomic E-state index is 12.1. The van der Waals surface area contributed by atoms with E-state index in [9.17, 15) is 4.79 Å². The van der Waals surface area contributed by atoms with E-state index in [1.807, 2.05) is 20.8 Å². The standard InChI is InChI=1S/C16H29NO4/c1-12-6-7-13(20-12)10-19-16(5)8-9-17(11-16)14(18)21-15(2,3)4/h12-13H,6-11H2,1-5H3. The molecule has 1 amide bonds. The van der Waals surface area contributed by atoms with Crippen LogP contribution in [0.4, 0.5) is 4.79 Å². The van der Waals surface area contributed by atoms with Gasteiger partial charge in [-0.1, -0.05) is 0 Å². The van der Waals surface area contributed by atoms with Crippen LogP contribution >= 0.6 is 0 Å².